The van der Waals surface area contributed by atoms with E-state index in [-0.39, 0.29) is 24.8 Å². The van der Waals surface area contributed by atoms with Crippen LogP contribution in [-0.4, -0.2) is 9.63 Å². The first-order valence-electron chi connectivity index (χ1n) is 22.9. The van der Waals surface area contributed by atoms with Crippen LogP contribution in [0.25, 0.3) is 87.6 Å². The van der Waals surface area contributed by atoms with E-state index < -0.39 is 0 Å². The Hall–Kier alpha value is -6.05. The fourth-order valence-corrected chi connectivity index (χ4v) is 8.69. The van der Waals surface area contributed by atoms with Gasteiger partial charge in [0.1, 0.15) is 0 Å². The van der Waals surface area contributed by atoms with Gasteiger partial charge in [-0.05, 0) is 44.5 Å². The van der Waals surface area contributed by atoms with Crippen LogP contribution in [0.4, 0.5) is 0 Å². The second-order valence-corrected chi connectivity index (χ2v) is 17.0. The van der Waals surface area contributed by atoms with E-state index in [2.05, 4.69) is 280 Å². The van der Waals surface area contributed by atoms with Gasteiger partial charge in [0.15, 0.2) is 0 Å². The molecule has 0 spiro atoms. The summed E-state index contributed by atoms with van der Waals surface area (Å²) in [4.78, 5) is 6.50. The number of fused-ring (bicyclic) bond motifs is 4. The minimum atomic E-state index is 0. The van der Waals surface area contributed by atoms with Crippen LogP contribution in [0.2, 0.25) is 0 Å². The van der Waals surface area contributed by atoms with Gasteiger partial charge in [-0.15, -0.1) is 114 Å². The SMILES string of the molecule is Cc1cc2cc(-c3ccccc3)ccc2[cH-]1.Cc1cc2cc(-c3ccccc3)ccc2[cH-]1.Cc1cc2cc(-c3ccccc3)ccc2[cH-]1.Cc1cc2cc(-c3ccccc3)ccc2[cH-]1.[CH2]=[Ti+2].[CH2]=[Ti+2].[Cl-].[Cl-]. The summed E-state index contributed by atoms with van der Waals surface area (Å²) in [6.45, 7) is 8.56. The van der Waals surface area contributed by atoms with Crippen LogP contribution in [0, 0.1) is 27.7 Å². The molecular formula is C66H56Cl2Ti2-2. The normalized spacial score (nSPS) is 10.1. The molecule has 70 heavy (non-hydrogen) atoms. The van der Waals surface area contributed by atoms with Gasteiger partial charge in [0, 0.05) is 0 Å². The Morgan fingerprint density at radius 2 is 0.429 bits per heavy atom. The zero-order valence-corrected chi connectivity index (χ0v) is 44.9. The van der Waals surface area contributed by atoms with E-state index in [9.17, 15) is 0 Å². The molecule has 0 heterocycles. The molecule has 0 aliphatic carbocycles. The van der Waals surface area contributed by atoms with Crippen molar-refractivity contribution in [3.63, 3.8) is 0 Å². The average Bonchev–Trinajstić information content (AvgIpc) is 4.18. The largest absolute Gasteiger partial charge is 1.00 e. The topological polar surface area (TPSA) is 0 Å². The summed E-state index contributed by atoms with van der Waals surface area (Å²) < 4.78 is 0. The number of rotatable bonds is 4. The van der Waals surface area contributed by atoms with Gasteiger partial charge in [0.2, 0.25) is 0 Å². The quantitative estimate of drug-likeness (QED) is 0.122. The summed E-state index contributed by atoms with van der Waals surface area (Å²) in [7, 11) is 0. The molecule has 4 heteroatoms. The molecule has 0 amide bonds. The van der Waals surface area contributed by atoms with E-state index in [1.807, 2.05) is 0 Å². The molecule has 12 aromatic carbocycles. The molecule has 0 fully saturated rings. The maximum atomic E-state index is 3.25. The zero-order chi connectivity index (χ0) is 47.8. The van der Waals surface area contributed by atoms with Crippen molar-refractivity contribution in [2.45, 2.75) is 27.7 Å². The Balaban J connectivity index is 0.000000168. The van der Waals surface area contributed by atoms with Crippen LogP contribution >= 0.6 is 0 Å². The second kappa shape index (κ2) is 27.4. The monoisotopic (exact) mass is 1010 g/mol. The third kappa shape index (κ3) is 14.5. The molecule has 0 aromatic heterocycles. The second-order valence-electron chi connectivity index (χ2n) is 17.0. The maximum Gasteiger partial charge on any atom is -1.00 e. The maximum absolute atomic E-state index is 3.25. The molecule has 0 aliphatic rings. The summed E-state index contributed by atoms with van der Waals surface area (Å²) in [5.41, 5.74) is 15.6. The van der Waals surface area contributed by atoms with Gasteiger partial charge in [-0.3, -0.25) is 0 Å². The molecule has 344 valence electrons. The Bertz CT molecular complexity index is 2980. The van der Waals surface area contributed by atoms with Gasteiger partial charge in [0.25, 0.3) is 0 Å². The predicted molar refractivity (Wildman–Crippen MR) is 293 cm³/mol. The first-order chi connectivity index (χ1) is 33.3. The minimum absolute atomic E-state index is 0. The first-order valence-corrected chi connectivity index (χ1v) is 25.1. The summed E-state index contributed by atoms with van der Waals surface area (Å²) >= 11 is 3.50. The van der Waals surface area contributed by atoms with E-state index in [1.165, 1.54) is 110 Å². The van der Waals surface area contributed by atoms with Gasteiger partial charge >= 0.3 is 49.6 Å². The molecule has 0 nitrogen and oxygen atoms in total. The van der Waals surface area contributed by atoms with Crippen LogP contribution in [0.5, 0.6) is 0 Å². The van der Waals surface area contributed by atoms with Gasteiger partial charge in [0.05, 0.1) is 0 Å². The number of hydrogen-bond acceptors (Lipinski definition) is 0. The van der Waals surface area contributed by atoms with Crippen molar-refractivity contribution in [2.24, 2.45) is 0 Å². The Morgan fingerprint density at radius 1 is 0.243 bits per heavy atom. The molecule has 12 rings (SSSR count). The standard InChI is InChI=1S/4C16H13.2CH2.2ClH.2Ti/c4*1-12-9-14-7-8-15(11-16(14)10-12)13-5-3-2-4-6-13;;;;;;/h4*2-11H,1H3;2*1H2;2*1H;;/q4*-1;;;;;2*+2/p-2. The van der Waals surface area contributed by atoms with Gasteiger partial charge in [-0.2, -0.15) is 24.3 Å². The molecule has 0 bridgehead atoms. The van der Waals surface area contributed by atoms with Crippen molar-refractivity contribution in [2.75, 3.05) is 0 Å². The fourth-order valence-electron chi connectivity index (χ4n) is 8.69. The Morgan fingerprint density at radius 3 is 0.614 bits per heavy atom. The molecule has 0 aliphatic heterocycles. The van der Waals surface area contributed by atoms with E-state index in [0.717, 1.165) is 0 Å². The molecule has 0 radical (unpaired) electrons. The third-order valence-corrected chi connectivity index (χ3v) is 11.8. The number of aryl methyl sites for hydroxylation is 4. The minimum Gasteiger partial charge on any atom is -1.00 e. The molecule has 0 unspecified atom stereocenters. The van der Waals surface area contributed by atoms with Crippen LogP contribution in [0.15, 0.2) is 243 Å². The molecule has 0 saturated heterocycles. The van der Waals surface area contributed by atoms with Crippen LogP contribution in [0.1, 0.15) is 22.3 Å². The van der Waals surface area contributed by atoms with E-state index in [4.69, 9.17) is 0 Å². The van der Waals surface area contributed by atoms with Crippen molar-refractivity contribution in [3.8, 4) is 44.5 Å². The number of hydrogen-bond donors (Lipinski definition) is 0. The summed E-state index contributed by atoms with van der Waals surface area (Å²) in [6, 6.07) is 86.5. The average molecular weight is 1020 g/mol. The smallest absolute Gasteiger partial charge is 1.00 e. The summed E-state index contributed by atoms with van der Waals surface area (Å²) in [5, 5.41) is 10.7. The molecule has 12 aromatic rings. The fraction of sp³-hybridized carbons (Fsp3) is 0.0606. The van der Waals surface area contributed by atoms with Gasteiger partial charge in [-0.1, -0.05) is 198 Å². The molecule has 0 saturated carbocycles. The van der Waals surface area contributed by atoms with Crippen LogP contribution in [-0.2, 0) is 39.9 Å². The van der Waals surface area contributed by atoms with Crippen LogP contribution < -0.4 is 24.8 Å². The first kappa shape index (κ1) is 54.9. The van der Waals surface area contributed by atoms with E-state index in [0.29, 0.717) is 0 Å². The van der Waals surface area contributed by atoms with Crippen molar-refractivity contribution in [1.29, 1.82) is 0 Å². The summed E-state index contributed by atoms with van der Waals surface area (Å²) in [6.07, 6.45) is 0. The Labute approximate surface area is 450 Å². The van der Waals surface area contributed by atoms with Crippen molar-refractivity contribution < 1.29 is 64.8 Å². The van der Waals surface area contributed by atoms with Crippen molar-refractivity contribution in [1.82, 2.24) is 0 Å². The Kier molecular flexibility index (Phi) is 21.5. The molecular weight excluding hydrogens is 959 g/mol. The predicted octanol–water partition coefficient (Wildman–Crippen LogP) is 12.1. The summed E-state index contributed by atoms with van der Waals surface area (Å²) in [5.74, 6) is 0. The molecule has 0 atom stereocenters. The zero-order valence-electron chi connectivity index (χ0n) is 40.3. The number of halogens is 2. The molecule has 0 N–H and O–H groups in total. The van der Waals surface area contributed by atoms with Gasteiger partial charge in [-0.25, -0.2) is 0 Å². The van der Waals surface area contributed by atoms with Crippen molar-refractivity contribution >= 4 is 52.7 Å². The van der Waals surface area contributed by atoms with E-state index in [1.54, 1.807) is 39.9 Å². The number of benzene rings is 8. The van der Waals surface area contributed by atoms with Crippen molar-refractivity contribution in [3.05, 3.63) is 265 Å². The van der Waals surface area contributed by atoms with Gasteiger partial charge < -0.3 is 24.8 Å². The third-order valence-electron chi connectivity index (χ3n) is 11.8. The van der Waals surface area contributed by atoms with E-state index >= 15 is 0 Å². The van der Waals surface area contributed by atoms with Crippen LogP contribution in [0.3, 0.4) is 0 Å².